The third-order valence-corrected chi connectivity index (χ3v) is 10.2. The zero-order valence-electron chi connectivity index (χ0n) is 32.8. The van der Waals surface area contributed by atoms with Crippen molar-refractivity contribution in [1.82, 2.24) is 19.9 Å². The van der Waals surface area contributed by atoms with Gasteiger partial charge in [0.1, 0.15) is 0 Å². The maximum absolute atomic E-state index is 5.49. The zero-order valence-corrected chi connectivity index (χ0v) is 32.8. The second-order valence-corrected chi connectivity index (χ2v) is 16.8. The van der Waals surface area contributed by atoms with Crippen LogP contribution in [0.5, 0.6) is 0 Å². The van der Waals surface area contributed by atoms with Crippen LogP contribution in [-0.4, -0.2) is 19.9 Å². The molecule has 5 heterocycles. The van der Waals surface area contributed by atoms with Gasteiger partial charge in [-0.15, -0.1) is 0 Å². The molecule has 0 atom stereocenters. The first kappa shape index (κ1) is 35.9. The van der Waals surface area contributed by atoms with Gasteiger partial charge in [0.05, 0.1) is 22.8 Å². The van der Waals surface area contributed by atoms with E-state index in [0.29, 0.717) is 47.3 Å². The summed E-state index contributed by atoms with van der Waals surface area (Å²) in [5, 5.41) is 0. The molecule has 0 fully saturated rings. The molecule has 258 valence electrons. The van der Waals surface area contributed by atoms with Crippen LogP contribution < -0.4 is 0 Å². The van der Waals surface area contributed by atoms with Gasteiger partial charge in [-0.25, -0.2) is 9.97 Å². The molecule has 0 aliphatic carbocycles. The van der Waals surface area contributed by atoms with Crippen LogP contribution in [0.25, 0.3) is 44.4 Å². The smallest absolute Gasteiger partial charge is 0.0696 e. The molecule has 0 saturated heterocycles. The van der Waals surface area contributed by atoms with Crippen LogP contribution in [0.2, 0.25) is 0 Å². The highest BCUT2D eigenvalue weighted by atomic mass is 14.8. The first-order valence-electron chi connectivity index (χ1n) is 18.8. The minimum absolute atomic E-state index is 0.335. The molecule has 5 rings (SSSR count). The van der Waals surface area contributed by atoms with Crippen molar-refractivity contribution in [2.24, 2.45) is 23.7 Å². The number of allylic oxidation sites excluding steroid dienone is 4. The highest BCUT2D eigenvalue weighted by molar-refractivity contribution is 5.98. The average Bonchev–Trinajstić information content (AvgIpc) is 3.69. The second kappa shape index (κ2) is 13.5. The average molecular weight is 647 g/mol. The number of nitrogens with zero attached hydrogens (tertiary/aromatic N) is 2. The molecule has 0 aromatic carbocycles. The first-order chi connectivity index (χ1) is 22.4. The van der Waals surface area contributed by atoms with Crippen LogP contribution in [0, 0.1) is 23.7 Å². The highest BCUT2D eigenvalue weighted by Crippen LogP contribution is 2.45. The Morgan fingerprint density at radius 3 is 0.771 bits per heavy atom. The van der Waals surface area contributed by atoms with Gasteiger partial charge in [-0.05, 0) is 116 Å². The molecule has 3 aromatic heterocycles. The lowest BCUT2D eigenvalue weighted by Crippen LogP contribution is -2.00. The first-order valence-corrected chi connectivity index (χ1v) is 18.8. The summed E-state index contributed by atoms with van der Waals surface area (Å²) in [6, 6.07) is 9.41. The molecule has 4 nitrogen and oxygen atoms in total. The lowest BCUT2D eigenvalue weighted by molar-refractivity contribution is 0.807. The monoisotopic (exact) mass is 646 g/mol. The van der Waals surface area contributed by atoms with Crippen molar-refractivity contribution in [3.63, 3.8) is 0 Å². The maximum Gasteiger partial charge on any atom is 0.0696 e. The summed E-state index contributed by atoms with van der Waals surface area (Å²) in [7, 11) is 0. The Kier molecular flexibility index (Phi) is 10.1. The van der Waals surface area contributed by atoms with Crippen LogP contribution >= 0.6 is 0 Å². The van der Waals surface area contributed by atoms with E-state index in [1.54, 1.807) is 0 Å². The van der Waals surface area contributed by atoms with Gasteiger partial charge in [0.15, 0.2) is 0 Å². The van der Waals surface area contributed by atoms with Gasteiger partial charge >= 0.3 is 0 Å². The molecule has 3 aromatic rings. The molecule has 48 heavy (non-hydrogen) atoms. The molecular formula is C44H62N4. The van der Waals surface area contributed by atoms with Gasteiger partial charge in [-0.3, -0.25) is 0 Å². The maximum atomic E-state index is 5.49. The largest absolute Gasteiger partial charge is 0.355 e. The SMILES string of the molecule is CC(C)C1=C(C(C)C)c2cc3[nH]c(cc4[nH]c(cc5nc(cc1n2)C(C(C)C)=C5C(C)C)c(C(C)C)c4C(C)C)c(C(C)C)c3C(C)C. The van der Waals surface area contributed by atoms with Gasteiger partial charge in [-0.2, -0.15) is 0 Å². The Morgan fingerprint density at radius 1 is 0.312 bits per heavy atom. The molecule has 0 amide bonds. The Balaban J connectivity index is 2.14. The molecule has 4 heteroatoms. The summed E-state index contributed by atoms with van der Waals surface area (Å²) in [4.78, 5) is 18.9. The number of aromatic nitrogens is 4. The Labute approximate surface area is 291 Å². The second-order valence-electron chi connectivity index (χ2n) is 16.8. The van der Waals surface area contributed by atoms with Crippen LogP contribution in [0.15, 0.2) is 24.3 Å². The Hall–Kier alpha value is -3.40. The van der Waals surface area contributed by atoms with Gasteiger partial charge in [0.25, 0.3) is 0 Å². The molecular weight excluding hydrogens is 585 g/mol. The van der Waals surface area contributed by atoms with E-state index in [-0.39, 0.29) is 0 Å². The fourth-order valence-electron chi connectivity index (χ4n) is 8.55. The van der Waals surface area contributed by atoms with E-state index >= 15 is 0 Å². The Morgan fingerprint density at radius 2 is 0.542 bits per heavy atom. The number of nitrogens with one attached hydrogen (secondary N) is 2. The summed E-state index contributed by atoms with van der Waals surface area (Å²) in [5.74, 6) is 2.80. The topological polar surface area (TPSA) is 57.4 Å². The number of hydrogen-bond donors (Lipinski definition) is 2. The van der Waals surface area contributed by atoms with Crippen LogP contribution in [0.3, 0.4) is 0 Å². The highest BCUT2D eigenvalue weighted by Gasteiger charge is 2.29. The van der Waals surface area contributed by atoms with Gasteiger partial charge in [0, 0.05) is 22.1 Å². The van der Waals surface area contributed by atoms with E-state index in [1.807, 2.05) is 0 Å². The minimum Gasteiger partial charge on any atom is -0.355 e. The quantitative estimate of drug-likeness (QED) is 0.256. The molecule has 0 spiro atoms. The molecule has 2 N–H and O–H groups in total. The van der Waals surface area contributed by atoms with E-state index in [1.165, 1.54) is 66.6 Å². The molecule has 0 saturated carbocycles. The van der Waals surface area contributed by atoms with E-state index in [0.717, 1.165) is 22.8 Å². The molecule has 8 bridgehead atoms. The van der Waals surface area contributed by atoms with Gasteiger partial charge in [0.2, 0.25) is 0 Å². The Bertz CT molecular complexity index is 1790. The van der Waals surface area contributed by atoms with Crippen molar-refractivity contribution < 1.29 is 0 Å². The van der Waals surface area contributed by atoms with Crippen molar-refractivity contribution in [2.75, 3.05) is 0 Å². The standard InChI is InChI=1S/C44H62N4/c1-21(2)37-29-17-31-39(23(5)6)41(25(9)10)33(46-31)19-35-43(27(13)14)44(28(15)16)36(48-35)20-34-42(26(11)12)40(24(7)8)32(47-34)18-30(45-29)38(37)22(3)4/h17-28,45-46H,1-16H3. The number of fused-ring (bicyclic) bond motifs is 8. The van der Waals surface area contributed by atoms with Crippen LogP contribution in [0.1, 0.15) is 179 Å². The third-order valence-electron chi connectivity index (χ3n) is 10.2. The van der Waals surface area contributed by atoms with Crippen molar-refractivity contribution >= 4 is 44.4 Å². The predicted octanol–water partition coefficient (Wildman–Crippen LogP) is 13.3. The summed E-state index contributed by atoms with van der Waals surface area (Å²) >= 11 is 0. The fourth-order valence-corrected chi connectivity index (χ4v) is 8.55. The van der Waals surface area contributed by atoms with Crippen molar-refractivity contribution in [2.45, 2.75) is 134 Å². The summed E-state index contributed by atoms with van der Waals surface area (Å²) in [6.45, 7) is 37.2. The van der Waals surface area contributed by atoms with Gasteiger partial charge in [-0.1, -0.05) is 111 Å². The molecule has 2 aliphatic rings. The number of aromatic amines is 2. The summed E-state index contributed by atoms with van der Waals surface area (Å²) in [6.07, 6.45) is 0. The number of hydrogen-bond acceptors (Lipinski definition) is 2. The van der Waals surface area contributed by atoms with Crippen molar-refractivity contribution in [3.8, 4) is 0 Å². The molecule has 2 aliphatic heterocycles. The van der Waals surface area contributed by atoms with E-state index in [2.05, 4.69) is 145 Å². The lowest BCUT2D eigenvalue weighted by atomic mass is 9.86. The predicted molar refractivity (Wildman–Crippen MR) is 210 cm³/mol. The van der Waals surface area contributed by atoms with E-state index in [4.69, 9.17) is 9.97 Å². The molecule has 0 unspecified atom stereocenters. The zero-order chi connectivity index (χ0) is 35.5. The number of H-pyrrole nitrogens is 2. The van der Waals surface area contributed by atoms with Crippen LogP contribution in [0.4, 0.5) is 0 Å². The van der Waals surface area contributed by atoms with E-state index in [9.17, 15) is 0 Å². The normalized spacial score (nSPS) is 14.3. The summed E-state index contributed by atoms with van der Waals surface area (Å²) in [5.41, 5.74) is 20.1. The lowest BCUT2D eigenvalue weighted by Gasteiger charge is -2.16. The van der Waals surface area contributed by atoms with Gasteiger partial charge < -0.3 is 9.97 Å². The summed E-state index contributed by atoms with van der Waals surface area (Å²) < 4.78 is 0. The van der Waals surface area contributed by atoms with Crippen LogP contribution in [-0.2, 0) is 0 Å². The van der Waals surface area contributed by atoms with E-state index < -0.39 is 0 Å². The van der Waals surface area contributed by atoms with Crippen molar-refractivity contribution in [3.05, 3.63) is 69.3 Å². The number of rotatable bonds is 8. The van der Waals surface area contributed by atoms with Crippen molar-refractivity contribution in [1.29, 1.82) is 0 Å². The molecule has 0 radical (unpaired) electrons. The fraction of sp³-hybridized carbons (Fsp3) is 0.545. The minimum atomic E-state index is 0.335. The third kappa shape index (κ3) is 6.25.